The topological polar surface area (TPSA) is 76.4 Å². The van der Waals surface area contributed by atoms with Crippen molar-refractivity contribution in [3.05, 3.63) is 74.7 Å². The smallest absolute Gasteiger partial charge is 0.261 e. The number of hydrogen-bond acceptors (Lipinski definition) is 5. The number of aromatic nitrogens is 1. The Morgan fingerprint density at radius 1 is 1.06 bits per heavy atom. The average Bonchev–Trinajstić information content (AvgIpc) is 3.17. The van der Waals surface area contributed by atoms with Gasteiger partial charge in [0.2, 0.25) is 5.89 Å². The number of benzene rings is 3. The minimum absolute atomic E-state index is 0.158. The van der Waals surface area contributed by atoms with Gasteiger partial charge >= 0.3 is 0 Å². The third kappa shape index (κ3) is 4.85. The first-order valence-electron chi connectivity index (χ1n) is 9.47. The number of halogens is 2. The van der Waals surface area contributed by atoms with Crippen LogP contribution in [0.3, 0.4) is 0 Å². The van der Waals surface area contributed by atoms with E-state index in [1.54, 1.807) is 18.2 Å². The monoisotopic (exact) mass is 573 g/mol. The van der Waals surface area contributed by atoms with Crippen molar-refractivity contribution in [2.45, 2.75) is 6.92 Å². The summed E-state index contributed by atoms with van der Waals surface area (Å²) in [6.45, 7) is 1.87. The first-order valence-corrected chi connectivity index (χ1v) is 11.5. The highest BCUT2D eigenvalue weighted by Crippen LogP contribution is 2.29. The highest BCUT2D eigenvalue weighted by molar-refractivity contribution is 9.10. The van der Waals surface area contributed by atoms with Crippen molar-refractivity contribution in [3.63, 3.8) is 0 Å². The number of aryl methyl sites for hydroxylation is 1. The lowest BCUT2D eigenvalue weighted by Crippen LogP contribution is -2.34. The van der Waals surface area contributed by atoms with E-state index in [-0.39, 0.29) is 11.0 Å². The summed E-state index contributed by atoms with van der Waals surface area (Å²) >= 11 is 12.2. The zero-order valence-electron chi connectivity index (χ0n) is 17.0. The molecule has 1 amide bonds. The molecule has 0 spiro atoms. The molecule has 0 atom stereocenters. The molecule has 2 N–H and O–H groups in total. The fourth-order valence-electron chi connectivity index (χ4n) is 3.22. The Morgan fingerprint density at radius 3 is 2.53 bits per heavy atom. The van der Waals surface area contributed by atoms with Gasteiger partial charge in [-0.25, -0.2) is 4.98 Å². The van der Waals surface area contributed by atoms with E-state index in [4.69, 9.17) is 21.4 Å². The summed E-state index contributed by atoms with van der Waals surface area (Å²) < 4.78 is 13.0. The minimum atomic E-state index is -0.371. The molecular weight excluding hydrogens is 558 g/mol. The maximum absolute atomic E-state index is 12.8. The van der Waals surface area contributed by atoms with E-state index in [0.29, 0.717) is 34.0 Å². The van der Waals surface area contributed by atoms with Crippen molar-refractivity contribution in [3.8, 4) is 17.2 Å². The molecule has 0 aliphatic rings. The quantitative estimate of drug-likeness (QED) is 0.272. The highest BCUT2D eigenvalue weighted by Gasteiger charge is 2.17. The number of methoxy groups -OCH3 is 1. The average molecular weight is 575 g/mol. The van der Waals surface area contributed by atoms with E-state index >= 15 is 0 Å². The molecule has 6 nitrogen and oxygen atoms in total. The minimum Gasteiger partial charge on any atom is -0.496 e. The lowest BCUT2D eigenvalue weighted by atomic mass is 10.1. The van der Waals surface area contributed by atoms with Gasteiger partial charge in [-0.3, -0.25) is 10.1 Å². The van der Waals surface area contributed by atoms with Crippen LogP contribution in [-0.4, -0.2) is 23.1 Å². The molecule has 0 aliphatic heterocycles. The number of nitrogens with zero attached hydrogens (tertiary/aromatic N) is 1. The van der Waals surface area contributed by atoms with Gasteiger partial charge in [0.1, 0.15) is 11.3 Å². The summed E-state index contributed by atoms with van der Waals surface area (Å²) in [7, 11) is 1.53. The molecule has 9 heteroatoms. The number of fused-ring (bicyclic) bond motifs is 1. The summed E-state index contributed by atoms with van der Waals surface area (Å²) in [6.07, 6.45) is 0. The van der Waals surface area contributed by atoms with Crippen LogP contribution in [0.1, 0.15) is 15.9 Å². The molecule has 0 unspecified atom stereocenters. The second-order valence-corrected chi connectivity index (χ2v) is 9.16. The molecule has 0 radical (unpaired) electrons. The Labute approximate surface area is 206 Å². The summed E-state index contributed by atoms with van der Waals surface area (Å²) in [4.78, 5) is 17.3. The zero-order valence-corrected chi connectivity index (χ0v) is 21.0. The second-order valence-electron chi connectivity index (χ2n) is 6.92. The molecule has 162 valence electrons. The van der Waals surface area contributed by atoms with Gasteiger partial charge in [-0.1, -0.05) is 31.9 Å². The number of thiocarbonyl (C=S) groups is 1. The van der Waals surface area contributed by atoms with Crippen LogP contribution in [0.15, 0.2) is 68.0 Å². The second kappa shape index (κ2) is 9.40. The molecule has 0 aliphatic carbocycles. The Balaban J connectivity index is 1.50. The summed E-state index contributed by atoms with van der Waals surface area (Å²) in [5.41, 5.74) is 4.10. The number of hydrogen-bond donors (Lipinski definition) is 2. The van der Waals surface area contributed by atoms with Crippen LogP contribution >= 0.6 is 44.1 Å². The predicted octanol–water partition coefficient (Wildman–Crippen LogP) is 6.46. The van der Waals surface area contributed by atoms with Crippen molar-refractivity contribution in [2.75, 3.05) is 12.4 Å². The Bertz CT molecular complexity index is 1340. The lowest BCUT2D eigenvalue weighted by Gasteiger charge is -2.13. The largest absolute Gasteiger partial charge is 0.496 e. The van der Waals surface area contributed by atoms with Crippen molar-refractivity contribution in [1.82, 2.24) is 10.3 Å². The number of nitrogens with one attached hydrogen (secondary N) is 2. The van der Waals surface area contributed by atoms with E-state index in [1.807, 2.05) is 43.3 Å². The van der Waals surface area contributed by atoms with Crippen LogP contribution in [0.25, 0.3) is 22.6 Å². The van der Waals surface area contributed by atoms with Crippen LogP contribution in [0, 0.1) is 6.92 Å². The maximum Gasteiger partial charge on any atom is 0.261 e. The van der Waals surface area contributed by atoms with Gasteiger partial charge in [0.15, 0.2) is 10.7 Å². The number of carbonyl (C=O) groups is 1. The van der Waals surface area contributed by atoms with Crippen LogP contribution < -0.4 is 15.4 Å². The Kier molecular flexibility index (Phi) is 6.59. The van der Waals surface area contributed by atoms with Crippen molar-refractivity contribution >= 4 is 71.9 Å². The van der Waals surface area contributed by atoms with Crippen LogP contribution in [0.5, 0.6) is 5.75 Å². The molecule has 4 aromatic rings. The van der Waals surface area contributed by atoms with Crippen LogP contribution in [0.2, 0.25) is 0 Å². The number of ether oxygens (including phenoxy) is 1. The van der Waals surface area contributed by atoms with Gasteiger partial charge in [0.25, 0.3) is 5.91 Å². The summed E-state index contributed by atoms with van der Waals surface area (Å²) in [6, 6.07) is 16.7. The van der Waals surface area contributed by atoms with Crippen LogP contribution in [-0.2, 0) is 0 Å². The van der Waals surface area contributed by atoms with Gasteiger partial charge in [-0.2, -0.15) is 0 Å². The lowest BCUT2D eigenvalue weighted by molar-refractivity contribution is 0.0974. The SMILES string of the molecule is COc1c(C)cc(Br)cc1C(=O)NC(=S)Nc1ccc2oc(-c3ccc(Br)cc3)nc2c1. The fourth-order valence-corrected chi connectivity index (χ4v) is 4.27. The normalized spacial score (nSPS) is 10.8. The standard InChI is InChI=1S/C23H17Br2N3O3S/c1-12-9-15(25)10-17(20(12)30-2)21(29)28-23(32)26-16-7-8-19-18(11-16)27-22(31-19)13-3-5-14(24)6-4-13/h3-11H,1-2H3,(H2,26,28,29,32). The molecular formula is C23H17Br2N3O3S. The van der Waals surface area contributed by atoms with Gasteiger partial charge in [0, 0.05) is 20.2 Å². The van der Waals surface area contributed by atoms with E-state index in [9.17, 15) is 4.79 Å². The van der Waals surface area contributed by atoms with Crippen LogP contribution in [0.4, 0.5) is 5.69 Å². The molecule has 0 saturated carbocycles. The molecule has 0 fully saturated rings. The third-order valence-corrected chi connectivity index (χ3v) is 5.84. The van der Waals surface area contributed by atoms with Gasteiger partial charge in [-0.15, -0.1) is 0 Å². The number of rotatable bonds is 4. The Morgan fingerprint density at radius 2 is 1.81 bits per heavy atom. The van der Waals surface area contributed by atoms with Gasteiger partial charge in [-0.05, 0) is 79.3 Å². The fraction of sp³-hybridized carbons (Fsp3) is 0.0870. The van der Waals surface area contributed by atoms with E-state index in [1.165, 1.54) is 7.11 Å². The van der Waals surface area contributed by atoms with E-state index in [2.05, 4.69) is 47.5 Å². The Hall–Kier alpha value is -2.75. The van der Waals surface area contributed by atoms with E-state index < -0.39 is 0 Å². The number of amides is 1. The number of anilines is 1. The third-order valence-electron chi connectivity index (χ3n) is 4.65. The van der Waals surface area contributed by atoms with Crippen molar-refractivity contribution < 1.29 is 13.9 Å². The first kappa shape index (κ1) is 22.4. The molecule has 1 aromatic heterocycles. The number of carbonyl (C=O) groups excluding carboxylic acids is 1. The number of oxazole rings is 1. The molecule has 32 heavy (non-hydrogen) atoms. The zero-order chi connectivity index (χ0) is 22.8. The molecule has 4 rings (SSSR count). The van der Waals surface area contributed by atoms with Gasteiger partial charge in [0.05, 0.1) is 12.7 Å². The van der Waals surface area contributed by atoms with Crippen molar-refractivity contribution in [1.29, 1.82) is 0 Å². The highest BCUT2D eigenvalue weighted by atomic mass is 79.9. The summed E-state index contributed by atoms with van der Waals surface area (Å²) in [5.74, 6) is 0.652. The molecule has 0 bridgehead atoms. The molecule has 3 aromatic carbocycles. The summed E-state index contributed by atoms with van der Waals surface area (Å²) in [5, 5.41) is 5.87. The molecule has 0 saturated heterocycles. The van der Waals surface area contributed by atoms with Gasteiger partial charge < -0.3 is 14.5 Å². The first-order chi connectivity index (χ1) is 15.3. The predicted molar refractivity (Wildman–Crippen MR) is 136 cm³/mol. The molecule has 1 heterocycles. The van der Waals surface area contributed by atoms with Crippen molar-refractivity contribution in [2.24, 2.45) is 0 Å². The van der Waals surface area contributed by atoms with E-state index in [0.717, 1.165) is 20.1 Å². The maximum atomic E-state index is 12.8.